The molecule has 0 fully saturated rings. The molecule has 0 saturated heterocycles. The van der Waals surface area contributed by atoms with Gasteiger partial charge in [0, 0.05) is 10.8 Å². The minimum Gasteiger partial charge on any atom is -0.318 e. The monoisotopic (exact) mass is 314 g/mol. The van der Waals surface area contributed by atoms with Gasteiger partial charge >= 0.3 is 0 Å². The van der Waals surface area contributed by atoms with E-state index in [4.69, 9.17) is 28.9 Å². The summed E-state index contributed by atoms with van der Waals surface area (Å²) >= 11 is 13.5. The number of hydrogen-bond acceptors (Lipinski definition) is 3. The van der Waals surface area contributed by atoms with E-state index < -0.39 is 0 Å². The summed E-state index contributed by atoms with van der Waals surface area (Å²) in [5, 5.41) is 4.00. The van der Waals surface area contributed by atoms with E-state index in [-0.39, 0.29) is 11.5 Å². The van der Waals surface area contributed by atoms with Gasteiger partial charge in [0.15, 0.2) is 0 Å². The molecule has 19 heavy (non-hydrogen) atoms. The van der Waals surface area contributed by atoms with Gasteiger partial charge in [0.2, 0.25) is 0 Å². The number of nitrogens with zero attached hydrogens (tertiary/aromatic N) is 1. The van der Waals surface area contributed by atoms with Crippen LogP contribution in [0.1, 0.15) is 43.1 Å². The van der Waals surface area contributed by atoms with Crippen molar-refractivity contribution in [3.8, 4) is 0 Å². The van der Waals surface area contributed by atoms with Crippen LogP contribution < -0.4 is 5.73 Å². The molecule has 2 nitrogen and oxygen atoms in total. The van der Waals surface area contributed by atoms with E-state index in [0.29, 0.717) is 10.0 Å². The molecule has 1 heterocycles. The Morgan fingerprint density at radius 1 is 1.21 bits per heavy atom. The molecule has 2 N–H and O–H groups in total. The number of nitrogens with two attached hydrogens (primary N) is 1. The van der Waals surface area contributed by atoms with E-state index >= 15 is 0 Å². The molecule has 102 valence electrons. The van der Waals surface area contributed by atoms with Crippen molar-refractivity contribution in [2.75, 3.05) is 0 Å². The van der Waals surface area contributed by atoms with Crippen molar-refractivity contribution in [3.05, 3.63) is 49.9 Å². The average Bonchev–Trinajstić information content (AvgIpc) is 2.81. The topological polar surface area (TPSA) is 38.9 Å². The van der Waals surface area contributed by atoms with Crippen molar-refractivity contribution >= 4 is 34.5 Å². The molecule has 0 aliphatic rings. The van der Waals surface area contributed by atoms with Crippen molar-refractivity contribution in [1.29, 1.82) is 0 Å². The highest BCUT2D eigenvalue weighted by Gasteiger charge is 2.20. The second-order valence-corrected chi connectivity index (χ2v) is 7.18. The third-order valence-electron chi connectivity index (χ3n) is 2.86. The van der Waals surface area contributed by atoms with Crippen LogP contribution in [0.3, 0.4) is 0 Å². The molecule has 5 heteroatoms. The molecule has 2 aromatic rings. The second-order valence-electron chi connectivity index (χ2n) is 5.47. The summed E-state index contributed by atoms with van der Waals surface area (Å²) in [7, 11) is 0. The summed E-state index contributed by atoms with van der Waals surface area (Å²) < 4.78 is 0. The molecule has 0 spiro atoms. The Morgan fingerprint density at radius 3 is 2.42 bits per heavy atom. The zero-order valence-electron chi connectivity index (χ0n) is 11.1. The summed E-state index contributed by atoms with van der Waals surface area (Å²) in [5.41, 5.74) is 8.25. The lowest BCUT2D eigenvalue weighted by Gasteiger charge is -2.15. The molecule has 1 unspecified atom stereocenters. The minimum absolute atomic E-state index is 0.0338. The lowest BCUT2D eigenvalue weighted by Crippen LogP contribution is -2.15. The maximum Gasteiger partial charge on any atom is 0.114 e. The first-order valence-electron chi connectivity index (χ1n) is 5.95. The third kappa shape index (κ3) is 3.29. The number of hydrogen-bond donors (Lipinski definition) is 1. The van der Waals surface area contributed by atoms with Gasteiger partial charge in [-0.2, -0.15) is 0 Å². The predicted octanol–water partition coefficient (Wildman–Crippen LogP) is 4.80. The highest BCUT2D eigenvalue weighted by Crippen LogP contribution is 2.31. The molecule has 1 atom stereocenters. The van der Waals surface area contributed by atoms with Crippen LogP contribution in [-0.4, -0.2) is 4.98 Å². The van der Waals surface area contributed by atoms with E-state index in [0.717, 1.165) is 16.3 Å². The highest BCUT2D eigenvalue weighted by atomic mass is 35.5. The van der Waals surface area contributed by atoms with Crippen molar-refractivity contribution in [2.45, 2.75) is 32.2 Å². The van der Waals surface area contributed by atoms with E-state index in [1.54, 1.807) is 23.5 Å². The molecule has 0 radical (unpaired) electrons. The van der Waals surface area contributed by atoms with Crippen molar-refractivity contribution in [3.63, 3.8) is 0 Å². The molecule has 2 rings (SSSR count). The molecule has 0 saturated carbocycles. The smallest absolute Gasteiger partial charge is 0.114 e. The van der Waals surface area contributed by atoms with Gasteiger partial charge < -0.3 is 5.73 Å². The molecule has 1 aromatic heterocycles. The normalized spacial score (nSPS) is 13.6. The van der Waals surface area contributed by atoms with Crippen LogP contribution in [0.5, 0.6) is 0 Å². The minimum atomic E-state index is -0.268. The van der Waals surface area contributed by atoms with Gasteiger partial charge in [-0.3, -0.25) is 0 Å². The second kappa shape index (κ2) is 5.41. The van der Waals surface area contributed by atoms with Gasteiger partial charge in [-0.25, -0.2) is 4.98 Å². The van der Waals surface area contributed by atoms with Gasteiger partial charge in [-0.1, -0.05) is 50.0 Å². The number of rotatable bonds is 2. The number of thiazole rings is 1. The first-order chi connectivity index (χ1) is 8.79. The largest absolute Gasteiger partial charge is 0.318 e. The van der Waals surface area contributed by atoms with Crippen molar-refractivity contribution < 1.29 is 0 Å². The van der Waals surface area contributed by atoms with Crippen LogP contribution >= 0.6 is 34.5 Å². The van der Waals surface area contributed by atoms with Gasteiger partial charge in [0.05, 0.1) is 21.8 Å². The van der Waals surface area contributed by atoms with Gasteiger partial charge in [0.1, 0.15) is 5.01 Å². The Kier molecular flexibility index (Phi) is 4.21. The molecule has 0 aliphatic heterocycles. The Labute approximate surface area is 127 Å². The Balaban J connectivity index is 2.31. The molecular formula is C14H16Cl2N2S. The fourth-order valence-electron chi connectivity index (χ4n) is 1.62. The molecular weight excluding hydrogens is 299 g/mol. The Morgan fingerprint density at radius 2 is 1.89 bits per heavy atom. The van der Waals surface area contributed by atoms with Crippen molar-refractivity contribution in [2.24, 2.45) is 5.73 Å². The van der Waals surface area contributed by atoms with Crippen LogP contribution in [-0.2, 0) is 5.41 Å². The quantitative estimate of drug-likeness (QED) is 0.865. The summed E-state index contributed by atoms with van der Waals surface area (Å²) in [5.74, 6) is 0. The predicted molar refractivity (Wildman–Crippen MR) is 83.3 cm³/mol. The first kappa shape index (κ1) is 14.8. The SMILES string of the molecule is CC(C)(C)c1csc(C(N)c2ccc(Cl)c(Cl)c2)n1. The van der Waals surface area contributed by atoms with E-state index in [9.17, 15) is 0 Å². The van der Waals surface area contributed by atoms with E-state index in [1.165, 1.54) is 0 Å². The van der Waals surface area contributed by atoms with Gasteiger partial charge in [-0.15, -0.1) is 11.3 Å². The van der Waals surface area contributed by atoms with Crippen molar-refractivity contribution in [1.82, 2.24) is 4.98 Å². The maximum absolute atomic E-state index is 6.24. The van der Waals surface area contributed by atoms with Gasteiger partial charge in [0.25, 0.3) is 0 Å². The third-order valence-corrected chi connectivity index (χ3v) is 4.53. The van der Waals surface area contributed by atoms with Crippen LogP contribution in [0.2, 0.25) is 10.0 Å². The van der Waals surface area contributed by atoms with Crippen LogP contribution in [0, 0.1) is 0 Å². The van der Waals surface area contributed by atoms with Gasteiger partial charge in [-0.05, 0) is 17.7 Å². The fraction of sp³-hybridized carbons (Fsp3) is 0.357. The lowest BCUT2D eigenvalue weighted by molar-refractivity contribution is 0.569. The molecule has 0 amide bonds. The number of aromatic nitrogens is 1. The standard InChI is InChI=1S/C14H16Cl2N2S/c1-14(2,3)11-7-19-13(18-11)12(17)8-4-5-9(15)10(16)6-8/h4-7,12H,17H2,1-3H3. The molecule has 1 aromatic carbocycles. The summed E-state index contributed by atoms with van der Waals surface area (Å²) in [4.78, 5) is 4.63. The zero-order valence-corrected chi connectivity index (χ0v) is 13.4. The highest BCUT2D eigenvalue weighted by molar-refractivity contribution is 7.09. The zero-order chi connectivity index (χ0) is 14.2. The maximum atomic E-state index is 6.24. The number of benzene rings is 1. The Hall–Kier alpha value is -0.610. The summed E-state index contributed by atoms with van der Waals surface area (Å²) in [6.07, 6.45) is 0. The molecule has 0 aliphatic carbocycles. The van der Waals surface area contributed by atoms with Crippen LogP contribution in [0.25, 0.3) is 0 Å². The first-order valence-corrected chi connectivity index (χ1v) is 7.59. The molecule has 0 bridgehead atoms. The Bertz CT molecular complexity index is 587. The van der Waals surface area contributed by atoms with E-state index in [2.05, 4.69) is 31.1 Å². The lowest BCUT2D eigenvalue weighted by atomic mass is 9.93. The fourth-order valence-corrected chi connectivity index (χ4v) is 3.00. The number of halogens is 2. The van der Waals surface area contributed by atoms with Crippen LogP contribution in [0.15, 0.2) is 23.6 Å². The van der Waals surface area contributed by atoms with E-state index in [1.807, 2.05) is 6.07 Å². The average molecular weight is 315 g/mol. The summed E-state index contributed by atoms with van der Waals surface area (Å²) in [6.45, 7) is 6.41. The van der Waals surface area contributed by atoms with Crippen LogP contribution in [0.4, 0.5) is 0 Å². The summed E-state index contributed by atoms with van der Waals surface area (Å²) in [6, 6.07) is 5.18.